The zero-order chi connectivity index (χ0) is 8.97. The van der Waals surface area contributed by atoms with E-state index in [9.17, 15) is 0 Å². The molecule has 0 spiro atoms. The van der Waals surface area contributed by atoms with Gasteiger partial charge in [0, 0.05) is 0 Å². The molecule has 0 saturated heterocycles. The predicted molar refractivity (Wildman–Crippen MR) is 53.1 cm³/mol. The first-order valence-corrected chi connectivity index (χ1v) is 4.48. The minimum atomic E-state index is 0.590. The van der Waals surface area contributed by atoms with Gasteiger partial charge in [0.2, 0.25) is 0 Å². The second-order valence-corrected chi connectivity index (χ2v) is 3.53. The van der Waals surface area contributed by atoms with Gasteiger partial charge in [0.1, 0.15) is 0 Å². The molecule has 0 fully saturated rings. The van der Waals surface area contributed by atoms with Crippen LogP contribution >= 0.6 is 0 Å². The molecule has 66 valence electrons. The third-order valence-corrected chi connectivity index (χ3v) is 2.07. The van der Waals surface area contributed by atoms with E-state index in [0.29, 0.717) is 5.92 Å². The molecule has 0 aromatic heterocycles. The van der Waals surface area contributed by atoms with E-state index in [1.807, 2.05) is 0 Å². The molecule has 1 atom stereocenters. The molecule has 0 aliphatic carbocycles. The van der Waals surface area contributed by atoms with Crippen molar-refractivity contribution in [2.24, 2.45) is 11.7 Å². The Morgan fingerprint density at radius 2 is 2.17 bits per heavy atom. The Balaban J connectivity index is 2.63. The first kappa shape index (κ1) is 9.27. The van der Waals surface area contributed by atoms with Crippen molar-refractivity contribution in [2.45, 2.75) is 20.3 Å². The van der Waals surface area contributed by atoms with E-state index in [-0.39, 0.29) is 0 Å². The summed E-state index contributed by atoms with van der Waals surface area (Å²) in [6.45, 7) is 5.08. The minimum Gasteiger partial charge on any atom is -0.330 e. The first-order valence-electron chi connectivity index (χ1n) is 4.48. The fourth-order valence-corrected chi connectivity index (χ4v) is 1.32. The molecule has 0 heterocycles. The SMILES string of the molecule is Cc1cccc(C[C@H](C)CN)c1. The maximum absolute atomic E-state index is 5.56. The van der Waals surface area contributed by atoms with Gasteiger partial charge in [-0.2, -0.15) is 0 Å². The molecule has 1 aromatic carbocycles. The molecule has 1 aromatic rings. The van der Waals surface area contributed by atoms with Gasteiger partial charge in [-0.25, -0.2) is 0 Å². The quantitative estimate of drug-likeness (QED) is 0.725. The van der Waals surface area contributed by atoms with Crippen LogP contribution in [-0.4, -0.2) is 6.54 Å². The van der Waals surface area contributed by atoms with E-state index in [1.54, 1.807) is 0 Å². The van der Waals surface area contributed by atoms with Gasteiger partial charge in [-0.15, -0.1) is 0 Å². The Morgan fingerprint density at radius 1 is 1.42 bits per heavy atom. The lowest BCUT2D eigenvalue weighted by Gasteiger charge is -2.08. The molecule has 0 aliphatic rings. The number of benzene rings is 1. The van der Waals surface area contributed by atoms with Crippen LogP contribution in [0.4, 0.5) is 0 Å². The van der Waals surface area contributed by atoms with Crippen LogP contribution in [0.25, 0.3) is 0 Å². The van der Waals surface area contributed by atoms with E-state index in [1.165, 1.54) is 11.1 Å². The normalized spacial score (nSPS) is 12.9. The van der Waals surface area contributed by atoms with Crippen LogP contribution in [-0.2, 0) is 6.42 Å². The third kappa shape index (κ3) is 2.67. The second-order valence-electron chi connectivity index (χ2n) is 3.53. The largest absolute Gasteiger partial charge is 0.330 e. The van der Waals surface area contributed by atoms with Crippen LogP contribution < -0.4 is 5.73 Å². The van der Waals surface area contributed by atoms with Gasteiger partial charge in [0.25, 0.3) is 0 Å². The van der Waals surface area contributed by atoms with Gasteiger partial charge in [-0.3, -0.25) is 0 Å². The minimum absolute atomic E-state index is 0.590. The highest BCUT2D eigenvalue weighted by Crippen LogP contribution is 2.09. The molecule has 1 rings (SSSR count). The molecular weight excluding hydrogens is 146 g/mol. The van der Waals surface area contributed by atoms with Crippen molar-refractivity contribution >= 4 is 0 Å². The van der Waals surface area contributed by atoms with E-state index >= 15 is 0 Å². The number of hydrogen-bond donors (Lipinski definition) is 1. The van der Waals surface area contributed by atoms with Crippen molar-refractivity contribution in [3.8, 4) is 0 Å². The Morgan fingerprint density at radius 3 is 2.75 bits per heavy atom. The molecule has 0 saturated carbocycles. The Kier molecular flexibility index (Phi) is 3.30. The standard InChI is InChI=1S/C11H17N/c1-9-4-3-5-11(6-9)7-10(2)8-12/h3-6,10H,7-8,12H2,1-2H3/t10-/m0/s1. The summed E-state index contributed by atoms with van der Waals surface area (Å²) in [5, 5.41) is 0. The van der Waals surface area contributed by atoms with Crippen molar-refractivity contribution in [3.05, 3.63) is 35.4 Å². The van der Waals surface area contributed by atoms with Crippen molar-refractivity contribution in [1.82, 2.24) is 0 Å². The van der Waals surface area contributed by atoms with Crippen molar-refractivity contribution in [2.75, 3.05) is 6.54 Å². The molecule has 0 radical (unpaired) electrons. The van der Waals surface area contributed by atoms with E-state index in [4.69, 9.17) is 5.73 Å². The Hall–Kier alpha value is -0.820. The highest BCUT2D eigenvalue weighted by molar-refractivity contribution is 5.22. The first-order chi connectivity index (χ1) is 5.72. The fraction of sp³-hybridized carbons (Fsp3) is 0.455. The fourth-order valence-electron chi connectivity index (χ4n) is 1.32. The van der Waals surface area contributed by atoms with Gasteiger partial charge in [-0.1, -0.05) is 36.8 Å². The molecule has 0 bridgehead atoms. The van der Waals surface area contributed by atoms with Gasteiger partial charge < -0.3 is 5.73 Å². The number of aryl methyl sites for hydroxylation is 1. The van der Waals surface area contributed by atoms with Gasteiger partial charge in [0.05, 0.1) is 0 Å². The summed E-state index contributed by atoms with van der Waals surface area (Å²) in [5.41, 5.74) is 8.28. The highest BCUT2D eigenvalue weighted by atomic mass is 14.5. The van der Waals surface area contributed by atoms with Gasteiger partial charge >= 0.3 is 0 Å². The monoisotopic (exact) mass is 163 g/mol. The van der Waals surface area contributed by atoms with Crippen LogP contribution in [0.5, 0.6) is 0 Å². The lowest BCUT2D eigenvalue weighted by Crippen LogP contribution is -2.13. The van der Waals surface area contributed by atoms with Crippen LogP contribution in [0.1, 0.15) is 18.1 Å². The van der Waals surface area contributed by atoms with Crippen LogP contribution in [0, 0.1) is 12.8 Å². The lowest BCUT2D eigenvalue weighted by atomic mass is 10.0. The second kappa shape index (κ2) is 4.27. The molecule has 1 nitrogen and oxygen atoms in total. The zero-order valence-electron chi connectivity index (χ0n) is 7.88. The Labute approximate surface area is 74.6 Å². The summed E-state index contributed by atoms with van der Waals surface area (Å²) in [4.78, 5) is 0. The number of rotatable bonds is 3. The van der Waals surface area contributed by atoms with Crippen LogP contribution in [0.3, 0.4) is 0 Å². The summed E-state index contributed by atoms with van der Waals surface area (Å²) in [6.07, 6.45) is 1.10. The molecule has 0 unspecified atom stereocenters. The third-order valence-electron chi connectivity index (χ3n) is 2.07. The number of nitrogens with two attached hydrogens (primary N) is 1. The van der Waals surface area contributed by atoms with Crippen LogP contribution in [0.2, 0.25) is 0 Å². The summed E-state index contributed by atoms with van der Waals surface area (Å²) in [7, 11) is 0. The predicted octanol–water partition coefficient (Wildman–Crippen LogP) is 2.13. The zero-order valence-corrected chi connectivity index (χ0v) is 7.88. The summed E-state index contributed by atoms with van der Waals surface area (Å²) in [5.74, 6) is 0.590. The Bertz CT molecular complexity index is 243. The van der Waals surface area contributed by atoms with Crippen molar-refractivity contribution in [3.63, 3.8) is 0 Å². The van der Waals surface area contributed by atoms with Crippen LogP contribution in [0.15, 0.2) is 24.3 Å². The highest BCUT2D eigenvalue weighted by Gasteiger charge is 2.00. The molecular formula is C11H17N. The smallest absolute Gasteiger partial charge is 0.00483 e. The molecule has 1 heteroatoms. The maximum Gasteiger partial charge on any atom is -0.00483 e. The topological polar surface area (TPSA) is 26.0 Å². The molecule has 2 N–H and O–H groups in total. The molecule has 0 aliphatic heterocycles. The van der Waals surface area contributed by atoms with Gasteiger partial charge in [0.15, 0.2) is 0 Å². The number of hydrogen-bond acceptors (Lipinski definition) is 1. The van der Waals surface area contributed by atoms with E-state index in [2.05, 4.69) is 38.1 Å². The van der Waals surface area contributed by atoms with E-state index < -0.39 is 0 Å². The summed E-state index contributed by atoms with van der Waals surface area (Å²) >= 11 is 0. The average molecular weight is 163 g/mol. The van der Waals surface area contributed by atoms with Crippen molar-refractivity contribution < 1.29 is 0 Å². The maximum atomic E-state index is 5.56. The average Bonchev–Trinajstić information content (AvgIpc) is 2.04. The van der Waals surface area contributed by atoms with Crippen molar-refractivity contribution in [1.29, 1.82) is 0 Å². The molecule has 0 amide bonds. The summed E-state index contributed by atoms with van der Waals surface area (Å²) < 4.78 is 0. The summed E-state index contributed by atoms with van der Waals surface area (Å²) in [6, 6.07) is 8.62. The van der Waals surface area contributed by atoms with E-state index in [0.717, 1.165) is 13.0 Å². The molecule has 12 heavy (non-hydrogen) atoms. The van der Waals surface area contributed by atoms with Gasteiger partial charge in [-0.05, 0) is 31.4 Å². The lowest BCUT2D eigenvalue weighted by molar-refractivity contribution is 0.593.